The third-order valence-electron chi connectivity index (χ3n) is 2.29. The van der Waals surface area contributed by atoms with Gasteiger partial charge in [0.05, 0.1) is 0 Å². The van der Waals surface area contributed by atoms with Crippen LogP contribution in [0.2, 0.25) is 10.0 Å². The van der Waals surface area contributed by atoms with E-state index in [1.54, 1.807) is 18.2 Å². The SMILES string of the molecule is O=C(O)CCCC(=O)NCc1ccc(Cl)cc1Cl. The maximum Gasteiger partial charge on any atom is 0.303 e. The van der Waals surface area contributed by atoms with Crippen molar-refractivity contribution in [3.05, 3.63) is 33.8 Å². The first kappa shape index (κ1) is 14.8. The average Bonchev–Trinajstić information content (AvgIpc) is 2.27. The van der Waals surface area contributed by atoms with Crippen LogP contribution in [0.4, 0.5) is 0 Å². The van der Waals surface area contributed by atoms with Gasteiger partial charge in [-0.05, 0) is 24.1 Å². The van der Waals surface area contributed by atoms with Crippen molar-refractivity contribution in [3.63, 3.8) is 0 Å². The second-order valence-electron chi connectivity index (χ2n) is 3.76. The molecule has 1 rings (SSSR count). The fourth-order valence-electron chi connectivity index (χ4n) is 1.35. The molecular weight excluding hydrogens is 277 g/mol. The minimum Gasteiger partial charge on any atom is -0.481 e. The summed E-state index contributed by atoms with van der Waals surface area (Å²) in [6.07, 6.45) is 0.516. The Morgan fingerprint density at radius 3 is 2.56 bits per heavy atom. The van der Waals surface area contributed by atoms with Gasteiger partial charge in [0, 0.05) is 29.4 Å². The van der Waals surface area contributed by atoms with E-state index < -0.39 is 5.97 Å². The van der Waals surface area contributed by atoms with Crippen molar-refractivity contribution in [1.82, 2.24) is 5.32 Å². The smallest absolute Gasteiger partial charge is 0.303 e. The molecule has 0 unspecified atom stereocenters. The molecule has 6 heteroatoms. The number of benzene rings is 1. The highest BCUT2D eigenvalue weighted by atomic mass is 35.5. The van der Waals surface area contributed by atoms with Gasteiger partial charge in [0.1, 0.15) is 0 Å². The molecule has 0 saturated carbocycles. The van der Waals surface area contributed by atoms with Crippen molar-refractivity contribution >= 4 is 35.1 Å². The van der Waals surface area contributed by atoms with Gasteiger partial charge in [-0.2, -0.15) is 0 Å². The second-order valence-corrected chi connectivity index (χ2v) is 4.60. The summed E-state index contributed by atoms with van der Waals surface area (Å²) in [5, 5.41) is 12.1. The van der Waals surface area contributed by atoms with Crippen LogP contribution in [0.15, 0.2) is 18.2 Å². The van der Waals surface area contributed by atoms with Crippen molar-refractivity contribution in [2.45, 2.75) is 25.8 Å². The Bertz CT molecular complexity index is 449. The number of carbonyl (C=O) groups is 2. The lowest BCUT2D eigenvalue weighted by Crippen LogP contribution is -2.22. The highest BCUT2D eigenvalue weighted by molar-refractivity contribution is 6.35. The first-order valence-electron chi connectivity index (χ1n) is 5.41. The van der Waals surface area contributed by atoms with Gasteiger partial charge in [-0.3, -0.25) is 9.59 Å². The van der Waals surface area contributed by atoms with Crippen molar-refractivity contribution in [2.75, 3.05) is 0 Å². The molecule has 4 nitrogen and oxygen atoms in total. The quantitative estimate of drug-likeness (QED) is 0.846. The monoisotopic (exact) mass is 289 g/mol. The summed E-state index contributed by atoms with van der Waals surface area (Å²) in [6.45, 7) is 0.307. The Labute approximate surface area is 115 Å². The molecule has 0 aliphatic heterocycles. The first-order chi connectivity index (χ1) is 8.49. The van der Waals surface area contributed by atoms with E-state index in [2.05, 4.69) is 5.32 Å². The molecule has 0 aromatic heterocycles. The van der Waals surface area contributed by atoms with E-state index in [0.29, 0.717) is 23.0 Å². The molecule has 0 saturated heterocycles. The highest BCUT2D eigenvalue weighted by Crippen LogP contribution is 2.20. The Kier molecular flexibility index (Phi) is 5.95. The fraction of sp³-hybridized carbons (Fsp3) is 0.333. The van der Waals surface area contributed by atoms with Gasteiger partial charge < -0.3 is 10.4 Å². The van der Waals surface area contributed by atoms with E-state index in [4.69, 9.17) is 28.3 Å². The van der Waals surface area contributed by atoms with E-state index in [1.165, 1.54) is 0 Å². The Morgan fingerprint density at radius 1 is 1.22 bits per heavy atom. The van der Waals surface area contributed by atoms with Crippen molar-refractivity contribution in [2.24, 2.45) is 0 Å². The van der Waals surface area contributed by atoms with Crippen molar-refractivity contribution in [1.29, 1.82) is 0 Å². The summed E-state index contributed by atoms with van der Waals surface area (Å²) in [5.74, 6) is -1.09. The van der Waals surface area contributed by atoms with Crippen LogP contribution < -0.4 is 5.32 Å². The number of hydrogen-bond acceptors (Lipinski definition) is 2. The topological polar surface area (TPSA) is 66.4 Å². The van der Waals surface area contributed by atoms with E-state index in [-0.39, 0.29) is 18.7 Å². The highest BCUT2D eigenvalue weighted by Gasteiger charge is 2.06. The number of aliphatic carboxylic acids is 1. The number of rotatable bonds is 6. The van der Waals surface area contributed by atoms with Crippen molar-refractivity contribution < 1.29 is 14.7 Å². The van der Waals surface area contributed by atoms with Gasteiger partial charge in [-0.15, -0.1) is 0 Å². The summed E-state index contributed by atoms with van der Waals surface area (Å²) >= 11 is 11.7. The summed E-state index contributed by atoms with van der Waals surface area (Å²) in [4.78, 5) is 21.7. The molecule has 0 aliphatic carbocycles. The fourth-order valence-corrected chi connectivity index (χ4v) is 1.82. The number of nitrogens with one attached hydrogen (secondary N) is 1. The maximum atomic E-state index is 11.4. The number of halogens is 2. The molecule has 1 aromatic carbocycles. The number of hydrogen-bond donors (Lipinski definition) is 2. The van der Waals surface area contributed by atoms with Crippen LogP contribution in [0.3, 0.4) is 0 Å². The normalized spacial score (nSPS) is 10.1. The average molecular weight is 290 g/mol. The second kappa shape index (κ2) is 7.24. The van der Waals surface area contributed by atoms with Gasteiger partial charge in [0.15, 0.2) is 0 Å². The summed E-state index contributed by atoms with van der Waals surface area (Å²) in [7, 11) is 0. The van der Waals surface area contributed by atoms with Crippen LogP contribution in [-0.2, 0) is 16.1 Å². The molecule has 0 aliphatic rings. The van der Waals surface area contributed by atoms with Crippen LogP contribution in [0.25, 0.3) is 0 Å². The van der Waals surface area contributed by atoms with Crippen LogP contribution >= 0.6 is 23.2 Å². The van der Waals surface area contributed by atoms with Gasteiger partial charge in [0.2, 0.25) is 5.91 Å². The lowest BCUT2D eigenvalue weighted by Gasteiger charge is -2.07. The van der Waals surface area contributed by atoms with E-state index in [9.17, 15) is 9.59 Å². The zero-order valence-electron chi connectivity index (χ0n) is 9.58. The standard InChI is InChI=1S/C12H13Cl2NO3/c13-9-5-4-8(10(14)6-9)7-15-11(16)2-1-3-12(17)18/h4-6H,1-3,7H2,(H,15,16)(H,17,18). The number of carboxylic acid groups (broad SMARTS) is 1. The maximum absolute atomic E-state index is 11.4. The van der Waals surface area contributed by atoms with E-state index in [0.717, 1.165) is 5.56 Å². The summed E-state index contributed by atoms with van der Waals surface area (Å²) in [6, 6.07) is 5.04. The molecule has 0 radical (unpaired) electrons. The molecule has 0 fully saturated rings. The Morgan fingerprint density at radius 2 is 1.94 bits per heavy atom. The van der Waals surface area contributed by atoms with Gasteiger partial charge in [-0.25, -0.2) is 0 Å². The molecule has 0 atom stereocenters. The molecule has 1 aromatic rings. The minimum absolute atomic E-state index is 0.00484. The predicted molar refractivity (Wildman–Crippen MR) is 69.8 cm³/mol. The molecule has 98 valence electrons. The molecule has 1 amide bonds. The lowest BCUT2D eigenvalue weighted by atomic mass is 10.2. The van der Waals surface area contributed by atoms with Gasteiger partial charge in [-0.1, -0.05) is 29.3 Å². The first-order valence-corrected chi connectivity index (χ1v) is 6.17. The number of carboxylic acids is 1. The largest absolute Gasteiger partial charge is 0.481 e. The van der Waals surface area contributed by atoms with Crippen LogP contribution in [0, 0.1) is 0 Å². The van der Waals surface area contributed by atoms with Crippen LogP contribution in [-0.4, -0.2) is 17.0 Å². The Hall–Kier alpha value is -1.26. The van der Waals surface area contributed by atoms with Crippen LogP contribution in [0.5, 0.6) is 0 Å². The van der Waals surface area contributed by atoms with E-state index >= 15 is 0 Å². The third-order valence-corrected chi connectivity index (χ3v) is 2.87. The lowest BCUT2D eigenvalue weighted by molar-refractivity contribution is -0.137. The number of amides is 1. The summed E-state index contributed by atoms with van der Waals surface area (Å²) < 4.78 is 0. The summed E-state index contributed by atoms with van der Waals surface area (Å²) in [5.41, 5.74) is 0.771. The molecule has 18 heavy (non-hydrogen) atoms. The number of carbonyl (C=O) groups excluding carboxylic acids is 1. The van der Waals surface area contributed by atoms with Crippen LogP contribution in [0.1, 0.15) is 24.8 Å². The molecular formula is C12H13Cl2NO3. The Balaban J connectivity index is 2.36. The zero-order chi connectivity index (χ0) is 13.5. The molecule has 0 heterocycles. The molecule has 0 bridgehead atoms. The minimum atomic E-state index is -0.899. The van der Waals surface area contributed by atoms with Gasteiger partial charge in [0.25, 0.3) is 0 Å². The van der Waals surface area contributed by atoms with Gasteiger partial charge >= 0.3 is 5.97 Å². The predicted octanol–water partition coefficient (Wildman–Crippen LogP) is 2.86. The zero-order valence-corrected chi connectivity index (χ0v) is 11.1. The van der Waals surface area contributed by atoms with Crippen molar-refractivity contribution in [3.8, 4) is 0 Å². The third kappa shape index (κ3) is 5.38. The molecule has 0 spiro atoms. The van der Waals surface area contributed by atoms with E-state index in [1.807, 2.05) is 0 Å². The molecule has 2 N–H and O–H groups in total.